The Morgan fingerprint density at radius 3 is 2.75 bits per heavy atom. The average Bonchev–Trinajstić information content (AvgIpc) is 2.45. The van der Waals surface area contributed by atoms with Gasteiger partial charge in [0, 0.05) is 6.54 Å². The van der Waals surface area contributed by atoms with Crippen molar-refractivity contribution in [1.29, 1.82) is 0 Å². The molecule has 0 spiro atoms. The fourth-order valence-corrected chi connectivity index (χ4v) is 2.00. The van der Waals surface area contributed by atoms with Crippen LogP contribution < -0.4 is 5.32 Å². The van der Waals surface area contributed by atoms with E-state index in [4.69, 9.17) is 0 Å². The van der Waals surface area contributed by atoms with E-state index in [0.717, 1.165) is 11.1 Å². The Balaban J connectivity index is 2.01. The van der Waals surface area contributed by atoms with Crippen LogP contribution >= 0.6 is 0 Å². The molecule has 1 atom stereocenters. The number of aliphatic hydroxyl groups is 1. The predicted molar refractivity (Wildman–Crippen MR) is 75.2 cm³/mol. The highest BCUT2D eigenvalue weighted by Crippen LogP contribution is 2.16. The van der Waals surface area contributed by atoms with Gasteiger partial charge in [-0.3, -0.25) is 4.79 Å². The Bertz CT molecular complexity index is 614. The molecule has 0 saturated carbocycles. The van der Waals surface area contributed by atoms with Gasteiger partial charge in [0.1, 0.15) is 0 Å². The van der Waals surface area contributed by atoms with E-state index >= 15 is 0 Å². The van der Waals surface area contributed by atoms with Gasteiger partial charge in [-0.15, -0.1) is 0 Å². The van der Waals surface area contributed by atoms with Crippen molar-refractivity contribution in [1.82, 2.24) is 15.5 Å². The minimum Gasteiger partial charge on any atom is -0.387 e. The number of amides is 1. The van der Waals surface area contributed by atoms with E-state index in [9.17, 15) is 9.90 Å². The summed E-state index contributed by atoms with van der Waals surface area (Å²) in [4.78, 5) is 12.0. The van der Waals surface area contributed by atoms with Crippen LogP contribution in [0.5, 0.6) is 0 Å². The summed E-state index contributed by atoms with van der Waals surface area (Å²) in [5.41, 5.74) is 2.85. The lowest BCUT2D eigenvalue weighted by atomic mass is 10.0. The fourth-order valence-electron chi connectivity index (χ4n) is 2.00. The van der Waals surface area contributed by atoms with Crippen LogP contribution in [-0.2, 0) is 0 Å². The molecule has 5 heteroatoms. The zero-order valence-corrected chi connectivity index (χ0v) is 11.5. The largest absolute Gasteiger partial charge is 0.387 e. The monoisotopic (exact) mass is 271 g/mol. The van der Waals surface area contributed by atoms with Gasteiger partial charge in [-0.2, -0.15) is 10.2 Å². The third-order valence-corrected chi connectivity index (χ3v) is 3.15. The molecule has 20 heavy (non-hydrogen) atoms. The number of hydrogen-bond acceptors (Lipinski definition) is 4. The van der Waals surface area contributed by atoms with Crippen LogP contribution in [0.4, 0.5) is 0 Å². The van der Waals surface area contributed by atoms with Crippen LogP contribution in [0.25, 0.3) is 0 Å². The maximum absolute atomic E-state index is 12.0. The summed E-state index contributed by atoms with van der Waals surface area (Å²) in [5.74, 6) is -0.259. The van der Waals surface area contributed by atoms with Gasteiger partial charge in [-0.05, 0) is 31.0 Å². The molecule has 0 aliphatic rings. The second-order valence-electron chi connectivity index (χ2n) is 4.61. The number of aliphatic hydroxyl groups excluding tert-OH is 1. The van der Waals surface area contributed by atoms with Crippen LogP contribution in [0.1, 0.15) is 33.3 Å². The second kappa shape index (κ2) is 6.25. The second-order valence-corrected chi connectivity index (χ2v) is 4.61. The number of hydrogen-bond donors (Lipinski definition) is 2. The van der Waals surface area contributed by atoms with Crippen LogP contribution in [-0.4, -0.2) is 27.8 Å². The van der Waals surface area contributed by atoms with Crippen molar-refractivity contribution in [3.63, 3.8) is 0 Å². The molecule has 5 nitrogen and oxygen atoms in total. The Kier molecular flexibility index (Phi) is 4.42. The highest BCUT2D eigenvalue weighted by molar-refractivity contribution is 5.95. The van der Waals surface area contributed by atoms with E-state index in [1.165, 1.54) is 6.20 Å². The highest BCUT2D eigenvalue weighted by Gasteiger charge is 2.14. The van der Waals surface area contributed by atoms with Gasteiger partial charge in [0.25, 0.3) is 5.91 Å². The third kappa shape index (κ3) is 3.19. The zero-order chi connectivity index (χ0) is 14.5. The molecule has 2 aromatic rings. The maximum atomic E-state index is 12.0. The highest BCUT2D eigenvalue weighted by atomic mass is 16.3. The normalized spacial score (nSPS) is 11.9. The van der Waals surface area contributed by atoms with E-state index in [0.29, 0.717) is 11.3 Å². The number of carbonyl (C=O) groups is 1. The number of aryl methyl sites for hydroxylation is 2. The summed E-state index contributed by atoms with van der Waals surface area (Å²) in [6, 6.07) is 9.17. The minimum absolute atomic E-state index is 0.158. The van der Waals surface area contributed by atoms with Gasteiger partial charge in [0.05, 0.1) is 23.6 Å². The number of benzene rings is 1. The molecule has 1 heterocycles. The lowest BCUT2D eigenvalue weighted by Gasteiger charge is -2.14. The van der Waals surface area contributed by atoms with Crippen LogP contribution in [0.15, 0.2) is 36.5 Å². The van der Waals surface area contributed by atoms with Crippen LogP contribution in [0, 0.1) is 13.8 Å². The molecule has 0 bridgehead atoms. The van der Waals surface area contributed by atoms with E-state index < -0.39 is 6.10 Å². The summed E-state index contributed by atoms with van der Waals surface area (Å²) in [6.07, 6.45) is 0.745. The molecule has 0 saturated heterocycles. The summed E-state index contributed by atoms with van der Waals surface area (Å²) >= 11 is 0. The van der Waals surface area contributed by atoms with Crippen molar-refractivity contribution in [3.8, 4) is 0 Å². The van der Waals surface area contributed by atoms with E-state index in [2.05, 4.69) is 15.5 Å². The van der Waals surface area contributed by atoms with Crippen molar-refractivity contribution in [2.75, 3.05) is 6.54 Å². The maximum Gasteiger partial charge on any atom is 0.253 e. The molecule has 1 aromatic heterocycles. The SMILES string of the molecule is Cc1ccccc1C(O)CNC(=O)c1ccnnc1C. The Morgan fingerprint density at radius 2 is 2.05 bits per heavy atom. The van der Waals surface area contributed by atoms with Gasteiger partial charge in [-0.25, -0.2) is 0 Å². The van der Waals surface area contributed by atoms with Crippen molar-refractivity contribution in [3.05, 3.63) is 58.9 Å². The molecule has 1 amide bonds. The van der Waals surface area contributed by atoms with Gasteiger partial charge in [0.2, 0.25) is 0 Å². The first kappa shape index (κ1) is 14.1. The summed E-state index contributed by atoms with van der Waals surface area (Å²) in [7, 11) is 0. The van der Waals surface area contributed by atoms with Gasteiger partial charge >= 0.3 is 0 Å². The molecule has 104 valence electrons. The first-order valence-corrected chi connectivity index (χ1v) is 6.39. The molecule has 2 N–H and O–H groups in total. The molecule has 0 aliphatic carbocycles. The Hall–Kier alpha value is -2.27. The van der Waals surface area contributed by atoms with Gasteiger partial charge in [-0.1, -0.05) is 24.3 Å². The number of nitrogens with zero attached hydrogens (tertiary/aromatic N) is 2. The quantitative estimate of drug-likeness (QED) is 0.885. The van der Waals surface area contributed by atoms with Gasteiger partial charge in [0.15, 0.2) is 0 Å². The zero-order valence-electron chi connectivity index (χ0n) is 11.5. The first-order chi connectivity index (χ1) is 9.59. The minimum atomic E-state index is -0.727. The van der Waals surface area contributed by atoms with Crippen molar-refractivity contribution >= 4 is 5.91 Å². The first-order valence-electron chi connectivity index (χ1n) is 6.39. The molecular weight excluding hydrogens is 254 g/mol. The molecule has 0 fully saturated rings. The number of rotatable bonds is 4. The predicted octanol–water partition coefficient (Wildman–Crippen LogP) is 1.56. The van der Waals surface area contributed by atoms with Crippen molar-refractivity contribution in [2.24, 2.45) is 0 Å². The standard InChI is InChI=1S/C15H17N3O2/c1-10-5-3-4-6-12(10)14(19)9-16-15(20)13-7-8-17-18-11(13)2/h3-8,14,19H,9H2,1-2H3,(H,16,20). The van der Waals surface area contributed by atoms with Crippen LogP contribution in [0.2, 0.25) is 0 Å². The summed E-state index contributed by atoms with van der Waals surface area (Å²) < 4.78 is 0. The topological polar surface area (TPSA) is 75.1 Å². The van der Waals surface area contributed by atoms with Crippen molar-refractivity contribution < 1.29 is 9.90 Å². The smallest absolute Gasteiger partial charge is 0.253 e. The number of nitrogens with one attached hydrogen (secondary N) is 1. The van der Waals surface area contributed by atoms with Crippen LogP contribution in [0.3, 0.4) is 0 Å². The van der Waals surface area contributed by atoms with Crippen molar-refractivity contribution in [2.45, 2.75) is 20.0 Å². The molecular formula is C15H17N3O2. The Morgan fingerprint density at radius 1 is 1.30 bits per heavy atom. The molecule has 0 aliphatic heterocycles. The summed E-state index contributed by atoms with van der Waals surface area (Å²) in [6.45, 7) is 3.81. The average molecular weight is 271 g/mol. The van der Waals surface area contributed by atoms with E-state index in [1.54, 1.807) is 13.0 Å². The Labute approximate surface area is 117 Å². The van der Waals surface area contributed by atoms with E-state index in [1.807, 2.05) is 31.2 Å². The molecule has 1 aromatic carbocycles. The molecule has 1 unspecified atom stereocenters. The number of carbonyl (C=O) groups excluding carboxylic acids is 1. The lowest BCUT2D eigenvalue weighted by molar-refractivity contribution is 0.0914. The fraction of sp³-hybridized carbons (Fsp3) is 0.267. The summed E-state index contributed by atoms with van der Waals surface area (Å²) in [5, 5.41) is 20.4. The van der Waals surface area contributed by atoms with Gasteiger partial charge < -0.3 is 10.4 Å². The molecule has 2 rings (SSSR count). The molecule has 0 radical (unpaired) electrons. The lowest BCUT2D eigenvalue weighted by Crippen LogP contribution is -2.29. The number of aromatic nitrogens is 2. The van der Waals surface area contributed by atoms with E-state index in [-0.39, 0.29) is 12.5 Å². The third-order valence-electron chi connectivity index (χ3n) is 3.15.